The summed E-state index contributed by atoms with van der Waals surface area (Å²) in [7, 11) is 0. The minimum atomic E-state index is -4.83. The predicted molar refractivity (Wildman–Crippen MR) is 310 cm³/mol. The van der Waals surface area contributed by atoms with Gasteiger partial charge in [-0.2, -0.15) is 18.4 Å². The lowest BCUT2D eigenvalue weighted by Gasteiger charge is -2.23. The van der Waals surface area contributed by atoms with Crippen LogP contribution < -0.4 is 0 Å². The molecule has 0 bridgehead atoms. The Labute approximate surface area is 441 Å². The van der Waals surface area contributed by atoms with E-state index in [0.717, 1.165) is 122 Å². The normalized spacial score (nSPS) is 11.9. The molecule has 12 aromatic rings. The van der Waals surface area contributed by atoms with Crippen molar-refractivity contribution in [3.63, 3.8) is 0 Å². The van der Waals surface area contributed by atoms with Gasteiger partial charge in [0.15, 0.2) is 0 Å². The van der Waals surface area contributed by atoms with Crippen molar-refractivity contribution in [2.24, 2.45) is 0 Å². The number of hydrogen-bond acceptors (Lipinski definition) is 1. The molecule has 0 aliphatic carbocycles. The van der Waals surface area contributed by atoms with Crippen molar-refractivity contribution >= 4 is 43.6 Å². The Bertz CT molecular complexity index is 4220. The topological polar surface area (TPSA) is 33.6 Å². The third-order valence-electron chi connectivity index (χ3n) is 15.5. The second-order valence-corrected chi connectivity index (χ2v) is 20.9. The Morgan fingerprint density at radius 1 is 0.342 bits per heavy atom. The Balaban J connectivity index is 1.23. The van der Waals surface area contributed by atoms with Crippen molar-refractivity contribution in [2.45, 2.75) is 61.6 Å². The van der Waals surface area contributed by atoms with Crippen LogP contribution in [0.2, 0.25) is 0 Å². The summed E-state index contributed by atoms with van der Waals surface area (Å²) < 4.78 is 54.5. The zero-order valence-electron chi connectivity index (χ0n) is 43.8. The van der Waals surface area contributed by atoms with Gasteiger partial charge in [0.1, 0.15) is 0 Å². The zero-order valence-corrected chi connectivity index (χ0v) is 43.8. The van der Waals surface area contributed by atoms with Gasteiger partial charge in [0.25, 0.3) is 0 Å². The molecule has 2 aromatic heterocycles. The maximum Gasteiger partial charge on any atom is 0.418 e. The summed E-state index contributed by atoms with van der Waals surface area (Å²) in [6.07, 6.45) is -4.83. The molecule has 0 saturated heterocycles. The number of halogens is 3. The van der Waals surface area contributed by atoms with Crippen molar-refractivity contribution < 1.29 is 13.2 Å². The average Bonchev–Trinajstić information content (AvgIpc) is 4.10. The van der Waals surface area contributed by atoms with Crippen LogP contribution in [-0.4, -0.2) is 9.13 Å². The monoisotopic (exact) mass is 993 g/mol. The number of alkyl halides is 3. The first kappa shape index (κ1) is 48.0. The van der Waals surface area contributed by atoms with Crippen LogP contribution in [0.25, 0.3) is 111 Å². The summed E-state index contributed by atoms with van der Waals surface area (Å²) in [4.78, 5) is 0. The van der Waals surface area contributed by atoms with Gasteiger partial charge in [-0.15, -0.1) is 0 Å². The number of aryl methyl sites for hydroxylation is 8. The van der Waals surface area contributed by atoms with Gasteiger partial charge in [0.05, 0.1) is 50.6 Å². The Hall–Kier alpha value is -8.92. The molecule has 370 valence electrons. The van der Waals surface area contributed by atoms with E-state index in [1.54, 1.807) is 18.2 Å². The molecule has 0 N–H and O–H groups in total. The highest BCUT2D eigenvalue weighted by molar-refractivity contribution is 6.13. The molecule has 0 spiro atoms. The van der Waals surface area contributed by atoms with E-state index in [0.29, 0.717) is 33.4 Å². The second kappa shape index (κ2) is 18.2. The van der Waals surface area contributed by atoms with Gasteiger partial charge in [0, 0.05) is 27.1 Å². The van der Waals surface area contributed by atoms with Gasteiger partial charge in [-0.05, 0) is 176 Å². The zero-order chi connectivity index (χ0) is 52.9. The van der Waals surface area contributed by atoms with Crippen molar-refractivity contribution in [1.29, 1.82) is 5.26 Å². The van der Waals surface area contributed by atoms with Crippen LogP contribution in [0, 0.1) is 66.7 Å². The SMILES string of the molecule is Cc1ccc(-c2ccc3c4ccc(-c5ccc(C)cc5C)cc4n(-c4cc(C(F)(F)F)c(-n5c6cc(-c7ccc(C)cc7C)ccc6c6ccc(-c7ccc(C)cc7C)cc65)cc4-c4cccc(C#N)c4)c3c2)c(C)c1. The Morgan fingerprint density at radius 2 is 0.684 bits per heavy atom. The van der Waals surface area contributed by atoms with Crippen molar-refractivity contribution in [3.05, 3.63) is 238 Å². The first-order chi connectivity index (χ1) is 36.5. The van der Waals surface area contributed by atoms with Gasteiger partial charge in [-0.3, -0.25) is 0 Å². The van der Waals surface area contributed by atoms with E-state index in [4.69, 9.17) is 0 Å². The lowest BCUT2D eigenvalue weighted by Crippen LogP contribution is -2.13. The molecule has 0 amide bonds. The largest absolute Gasteiger partial charge is 0.418 e. The number of rotatable bonds is 7. The molecule has 6 heteroatoms. The molecular weight excluding hydrogens is 940 g/mol. The maximum absolute atomic E-state index is 16.9. The molecule has 0 radical (unpaired) electrons. The van der Waals surface area contributed by atoms with Crippen molar-refractivity contribution in [3.8, 4) is 73.1 Å². The van der Waals surface area contributed by atoms with Crippen LogP contribution >= 0.6 is 0 Å². The lowest BCUT2D eigenvalue weighted by molar-refractivity contribution is -0.137. The third-order valence-corrected chi connectivity index (χ3v) is 15.5. The fourth-order valence-corrected chi connectivity index (χ4v) is 11.9. The number of aromatic nitrogens is 2. The fourth-order valence-electron chi connectivity index (χ4n) is 11.9. The lowest BCUT2D eigenvalue weighted by atomic mass is 9.96. The fraction of sp³-hybridized carbons (Fsp3) is 0.129. The van der Waals surface area contributed by atoms with Gasteiger partial charge in [-0.1, -0.05) is 156 Å². The van der Waals surface area contributed by atoms with Crippen molar-refractivity contribution in [2.75, 3.05) is 0 Å². The second-order valence-electron chi connectivity index (χ2n) is 20.9. The van der Waals surface area contributed by atoms with E-state index < -0.39 is 11.7 Å². The number of nitriles is 1. The summed E-state index contributed by atoms with van der Waals surface area (Å²) in [6.45, 7) is 16.6. The number of benzene rings is 10. The molecule has 2 heterocycles. The average molecular weight is 994 g/mol. The van der Waals surface area contributed by atoms with Gasteiger partial charge in [0.2, 0.25) is 0 Å². The molecular formula is C70H54F3N3. The number of fused-ring (bicyclic) bond motifs is 6. The van der Waals surface area contributed by atoms with Crippen LogP contribution in [0.4, 0.5) is 13.2 Å². The molecule has 0 saturated carbocycles. The molecule has 0 unspecified atom stereocenters. The minimum absolute atomic E-state index is 0.0168. The van der Waals surface area contributed by atoms with E-state index in [1.807, 2.05) is 33.4 Å². The molecule has 0 aliphatic heterocycles. The molecule has 0 aliphatic rings. The predicted octanol–water partition coefficient (Wildman–Crippen LogP) is 19.6. The first-order valence-corrected chi connectivity index (χ1v) is 25.8. The van der Waals surface area contributed by atoms with E-state index in [9.17, 15) is 5.26 Å². The highest BCUT2D eigenvalue weighted by atomic mass is 19.4. The quantitative estimate of drug-likeness (QED) is 0.157. The van der Waals surface area contributed by atoms with E-state index >= 15 is 13.2 Å². The van der Waals surface area contributed by atoms with E-state index in [2.05, 4.69) is 195 Å². The van der Waals surface area contributed by atoms with E-state index in [-0.39, 0.29) is 5.69 Å². The standard InChI is InChI=1S/C70H54F3N3/c1-40-12-20-54(44(5)28-40)50-16-24-58-59-25-17-51(55-21-13-41(2)29-45(55)6)34-65(59)75(64(58)33-50)68-38-63(70(71,72)73)69(37-62(68)49-11-9-10-48(32-49)39-74)76-66-35-52(56-22-14-42(3)30-46(56)7)18-26-60(66)61-27-19-53(36-67(61)76)57-23-15-43(4)31-47(57)8/h9-38H,1-8H3. The molecule has 3 nitrogen and oxygen atoms in total. The summed E-state index contributed by atoms with van der Waals surface area (Å²) >= 11 is 0. The highest BCUT2D eigenvalue weighted by Crippen LogP contribution is 2.47. The van der Waals surface area contributed by atoms with E-state index in [1.165, 1.54) is 6.07 Å². The Morgan fingerprint density at radius 3 is 1.01 bits per heavy atom. The van der Waals surface area contributed by atoms with Gasteiger partial charge < -0.3 is 9.13 Å². The molecule has 0 fully saturated rings. The van der Waals surface area contributed by atoms with Crippen LogP contribution in [0.5, 0.6) is 0 Å². The summed E-state index contributed by atoms with van der Waals surface area (Å²) in [5.74, 6) is 0. The highest BCUT2D eigenvalue weighted by Gasteiger charge is 2.37. The molecule has 0 atom stereocenters. The van der Waals surface area contributed by atoms with Crippen LogP contribution in [0.1, 0.15) is 55.6 Å². The number of hydrogen-bond donors (Lipinski definition) is 0. The van der Waals surface area contributed by atoms with Crippen molar-refractivity contribution in [1.82, 2.24) is 9.13 Å². The molecule has 76 heavy (non-hydrogen) atoms. The van der Waals surface area contributed by atoms with Crippen LogP contribution in [0.3, 0.4) is 0 Å². The summed E-state index contributed by atoms with van der Waals surface area (Å²) in [6, 6.07) is 63.0. The first-order valence-electron chi connectivity index (χ1n) is 25.8. The van der Waals surface area contributed by atoms with Crippen LogP contribution in [0.15, 0.2) is 182 Å². The smallest absolute Gasteiger partial charge is 0.309 e. The third kappa shape index (κ3) is 8.15. The summed E-state index contributed by atoms with van der Waals surface area (Å²) in [5.41, 5.74) is 20.6. The molecule has 10 aromatic carbocycles. The number of nitrogens with zero attached hydrogens (tertiary/aromatic N) is 3. The van der Waals surface area contributed by atoms with Crippen LogP contribution in [-0.2, 0) is 6.18 Å². The van der Waals surface area contributed by atoms with Gasteiger partial charge in [-0.25, -0.2) is 0 Å². The molecule has 12 rings (SSSR count). The maximum atomic E-state index is 16.9. The Kier molecular flexibility index (Phi) is 11.5. The summed E-state index contributed by atoms with van der Waals surface area (Å²) in [5, 5.41) is 13.9. The minimum Gasteiger partial charge on any atom is -0.309 e. The van der Waals surface area contributed by atoms with Gasteiger partial charge >= 0.3 is 6.18 Å².